The average Bonchev–Trinajstić information content (AvgIpc) is 3.04. The van der Waals surface area contributed by atoms with E-state index in [1.807, 2.05) is 43.3 Å². The van der Waals surface area contributed by atoms with Gasteiger partial charge in [0.05, 0.1) is 11.6 Å². The molecule has 2 aromatic carbocycles. The van der Waals surface area contributed by atoms with E-state index in [0.29, 0.717) is 11.4 Å². The highest BCUT2D eigenvalue weighted by Gasteiger charge is 2.47. The molecule has 0 unspecified atom stereocenters. The summed E-state index contributed by atoms with van der Waals surface area (Å²) in [4.78, 5) is 31.9. The third-order valence-electron chi connectivity index (χ3n) is 5.76. The van der Waals surface area contributed by atoms with Crippen molar-refractivity contribution in [3.05, 3.63) is 101 Å². The first-order valence-electron chi connectivity index (χ1n) is 10.6. The molecule has 0 spiro atoms. The Balaban J connectivity index is 1.91. The predicted molar refractivity (Wildman–Crippen MR) is 125 cm³/mol. The van der Waals surface area contributed by atoms with Crippen LogP contribution in [0.25, 0.3) is 5.76 Å². The van der Waals surface area contributed by atoms with Gasteiger partial charge in [-0.1, -0.05) is 80.9 Å². The Morgan fingerprint density at radius 1 is 0.938 bits per heavy atom. The number of aromatic nitrogens is 1. The summed E-state index contributed by atoms with van der Waals surface area (Å²) in [5.41, 5.74) is 3.42. The van der Waals surface area contributed by atoms with Gasteiger partial charge in [-0.05, 0) is 35.6 Å². The molecular weight excluding hydrogens is 400 g/mol. The zero-order valence-electron chi connectivity index (χ0n) is 18.7. The quantitative estimate of drug-likeness (QED) is 0.350. The van der Waals surface area contributed by atoms with E-state index in [-0.39, 0.29) is 16.7 Å². The van der Waals surface area contributed by atoms with E-state index in [1.54, 1.807) is 36.5 Å². The maximum atomic E-state index is 13.1. The summed E-state index contributed by atoms with van der Waals surface area (Å²) in [6.45, 7) is 8.32. The van der Waals surface area contributed by atoms with Gasteiger partial charge in [0.25, 0.3) is 5.78 Å². The minimum absolute atomic E-state index is 0.0385. The lowest BCUT2D eigenvalue weighted by Crippen LogP contribution is -2.30. The number of anilines is 1. The standard InChI is InChI=1S/C27H26N2O3/c1-17-8-10-19(11-9-17)24(30)22-23(18-12-14-20(15-13-18)27(2,3)4)29(26(32)25(22)31)21-7-5-6-16-28-21/h5-16,23,30H,1-4H3/b24-22+/t23-/m0/s1. The molecule has 4 rings (SSSR count). The van der Waals surface area contributed by atoms with Gasteiger partial charge < -0.3 is 5.11 Å². The van der Waals surface area contributed by atoms with Crippen molar-refractivity contribution in [2.24, 2.45) is 0 Å². The first-order chi connectivity index (χ1) is 15.2. The molecule has 1 N–H and O–H groups in total. The van der Waals surface area contributed by atoms with Gasteiger partial charge in [0.1, 0.15) is 11.6 Å². The minimum atomic E-state index is -0.778. The van der Waals surface area contributed by atoms with Gasteiger partial charge in [-0.25, -0.2) is 4.98 Å². The fourth-order valence-corrected chi connectivity index (χ4v) is 3.91. The Morgan fingerprint density at radius 3 is 2.16 bits per heavy atom. The Kier molecular flexibility index (Phi) is 5.43. The van der Waals surface area contributed by atoms with Crippen LogP contribution in [-0.2, 0) is 15.0 Å². The SMILES string of the molecule is Cc1ccc(/C(O)=C2\C(=O)C(=O)N(c3ccccn3)[C@H]2c2ccc(C(C)(C)C)cc2)cc1. The second kappa shape index (κ2) is 8.08. The second-order valence-corrected chi connectivity index (χ2v) is 9.10. The van der Waals surface area contributed by atoms with E-state index >= 15 is 0 Å². The smallest absolute Gasteiger partial charge is 0.301 e. The molecule has 1 aromatic heterocycles. The van der Waals surface area contributed by atoms with Crippen LogP contribution in [0.5, 0.6) is 0 Å². The summed E-state index contributed by atoms with van der Waals surface area (Å²) < 4.78 is 0. The summed E-state index contributed by atoms with van der Waals surface area (Å²) in [5, 5.41) is 11.1. The van der Waals surface area contributed by atoms with Gasteiger partial charge in [0, 0.05) is 11.8 Å². The normalized spacial score (nSPS) is 18.2. The monoisotopic (exact) mass is 426 g/mol. The van der Waals surface area contributed by atoms with Gasteiger partial charge in [0.15, 0.2) is 0 Å². The van der Waals surface area contributed by atoms with Crippen LogP contribution in [0, 0.1) is 6.92 Å². The number of nitrogens with zero attached hydrogens (tertiary/aromatic N) is 2. The largest absolute Gasteiger partial charge is 0.507 e. The molecule has 1 atom stereocenters. The molecule has 5 nitrogen and oxygen atoms in total. The minimum Gasteiger partial charge on any atom is -0.507 e. The van der Waals surface area contributed by atoms with Gasteiger partial charge in [-0.3, -0.25) is 14.5 Å². The molecule has 0 saturated carbocycles. The zero-order chi connectivity index (χ0) is 23.0. The topological polar surface area (TPSA) is 70.5 Å². The molecule has 162 valence electrons. The Bertz CT molecular complexity index is 1190. The maximum absolute atomic E-state index is 13.1. The van der Waals surface area contributed by atoms with E-state index < -0.39 is 17.7 Å². The van der Waals surface area contributed by atoms with Crippen LogP contribution in [0.4, 0.5) is 5.82 Å². The van der Waals surface area contributed by atoms with Crippen LogP contribution in [0.2, 0.25) is 0 Å². The number of aliphatic hydroxyl groups excluding tert-OH is 1. The Morgan fingerprint density at radius 2 is 1.59 bits per heavy atom. The molecule has 1 fully saturated rings. The third kappa shape index (κ3) is 3.82. The van der Waals surface area contributed by atoms with Crippen molar-refractivity contribution in [3.63, 3.8) is 0 Å². The molecule has 3 aromatic rings. The number of pyridine rings is 1. The van der Waals surface area contributed by atoms with Crippen molar-refractivity contribution >= 4 is 23.3 Å². The number of benzene rings is 2. The van der Waals surface area contributed by atoms with Crippen LogP contribution >= 0.6 is 0 Å². The lowest BCUT2D eigenvalue weighted by atomic mass is 9.85. The number of Topliss-reactive ketones (excluding diaryl/α,β-unsaturated/α-hetero) is 1. The number of hydrogen-bond donors (Lipinski definition) is 1. The number of aliphatic hydroxyl groups is 1. The molecule has 1 amide bonds. The first-order valence-corrected chi connectivity index (χ1v) is 10.6. The van der Waals surface area contributed by atoms with Gasteiger partial charge in [-0.2, -0.15) is 0 Å². The highest BCUT2D eigenvalue weighted by molar-refractivity contribution is 6.51. The number of aryl methyl sites for hydroxylation is 1. The summed E-state index contributed by atoms with van der Waals surface area (Å²) in [7, 11) is 0. The fraction of sp³-hybridized carbons (Fsp3) is 0.222. The second-order valence-electron chi connectivity index (χ2n) is 9.10. The van der Waals surface area contributed by atoms with Crippen molar-refractivity contribution in [3.8, 4) is 0 Å². The molecule has 0 aliphatic carbocycles. The van der Waals surface area contributed by atoms with E-state index in [1.165, 1.54) is 4.90 Å². The average molecular weight is 427 g/mol. The number of hydrogen-bond acceptors (Lipinski definition) is 4. The van der Waals surface area contributed by atoms with Gasteiger partial charge in [-0.15, -0.1) is 0 Å². The number of amides is 1. The zero-order valence-corrected chi connectivity index (χ0v) is 18.7. The van der Waals surface area contributed by atoms with Crippen LogP contribution in [0.3, 0.4) is 0 Å². The fourth-order valence-electron chi connectivity index (χ4n) is 3.91. The predicted octanol–water partition coefficient (Wildman–Crippen LogP) is 5.31. The molecule has 2 heterocycles. The van der Waals surface area contributed by atoms with Crippen molar-refractivity contribution in [2.75, 3.05) is 4.90 Å². The van der Waals surface area contributed by atoms with E-state index in [2.05, 4.69) is 25.8 Å². The van der Waals surface area contributed by atoms with Crippen LogP contribution in [0.15, 0.2) is 78.5 Å². The van der Waals surface area contributed by atoms with Gasteiger partial charge >= 0.3 is 5.91 Å². The molecule has 0 radical (unpaired) electrons. The summed E-state index contributed by atoms with van der Waals surface area (Å²) in [6.07, 6.45) is 1.58. The van der Waals surface area contributed by atoms with Crippen molar-refractivity contribution in [1.29, 1.82) is 0 Å². The lowest BCUT2D eigenvalue weighted by Gasteiger charge is -2.25. The highest BCUT2D eigenvalue weighted by atomic mass is 16.3. The third-order valence-corrected chi connectivity index (χ3v) is 5.76. The number of carbonyl (C=O) groups excluding carboxylic acids is 2. The Labute approximate surface area is 188 Å². The number of ketones is 1. The van der Waals surface area contributed by atoms with Crippen molar-refractivity contribution in [1.82, 2.24) is 4.98 Å². The number of rotatable bonds is 3. The van der Waals surface area contributed by atoms with E-state index in [4.69, 9.17) is 0 Å². The van der Waals surface area contributed by atoms with E-state index in [9.17, 15) is 14.7 Å². The lowest BCUT2D eigenvalue weighted by molar-refractivity contribution is -0.132. The van der Waals surface area contributed by atoms with Crippen molar-refractivity contribution in [2.45, 2.75) is 39.2 Å². The number of carbonyl (C=O) groups is 2. The summed E-state index contributed by atoms with van der Waals surface area (Å²) in [5.74, 6) is -1.25. The maximum Gasteiger partial charge on any atom is 0.301 e. The first kappa shape index (κ1) is 21.5. The van der Waals surface area contributed by atoms with Crippen molar-refractivity contribution < 1.29 is 14.7 Å². The Hall–Kier alpha value is -3.73. The van der Waals surface area contributed by atoms with Crippen LogP contribution in [0.1, 0.15) is 49.1 Å². The van der Waals surface area contributed by atoms with E-state index in [0.717, 1.165) is 16.7 Å². The molecule has 32 heavy (non-hydrogen) atoms. The highest BCUT2D eigenvalue weighted by Crippen LogP contribution is 2.41. The molecular formula is C27H26N2O3. The molecule has 5 heteroatoms. The molecule has 1 saturated heterocycles. The summed E-state index contributed by atoms with van der Waals surface area (Å²) >= 11 is 0. The van der Waals surface area contributed by atoms with Crippen LogP contribution < -0.4 is 4.90 Å². The summed E-state index contributed by atoms with van der Waals surface area (Å²) in [6, 6.07) is 19.5. The van der Waals surface area contributed by atoms with Gasteiger partial charge in [0.2, 0.25) is 0 Å². The molecule has 1 aliphatic rings. The van der Waals surface area contributed by atoms with Crippen LogP contribution in [-0.4, -0.2) is 21.8 Å². The molecule has 1 aliphatic heterocycles. The molecule has 0 bridgehead atoms.